The quantitative estimate of drug-likeness (QED) is 0.581. The number of anilines is 2. The number of amides is 1. The lowest BCUT2D eigenvalue weighted by atomic mass is 10.1. The summed E-state index contributed by atoms with van der Waals surface area (Å²) in [6.45, 7) is 1.47. The third-order valence-corrected chi connectivity index (χ3v) is 5.17. The number of nitrogens with zero attached hydrogens (tertiary/aromatic N) is 2. The molecule has 0 atom stereocenters. The van der Waals surface area contributed by atoms with E-state index < -0.39 is 17.6 Å². The largest absolute Gasteiger partial charge is 0.416 e. The van der Waals surface area contributed by atoms with Crippen molar-refractivity contribution in [3.05, 3.63) is 46.4 Å². The Labute approximate surface area is 163 Å². The summed E-state index contributed by atoms with van der Waals surface area (Å²) < 4.78 is 39.3. The SMILES string of the molecule is O=C(CSc1nccc(=O)[nH]1)Nc1cc(C(F)(F)F)ccc1N1CCCCC1. The number of carbonyl (C=O) groups is 1. The summed E-state index contributed by atoms with van der Waals surface area (Å²) in [5, 5.41) is 2.85. The smallest absolute Gasteiger partial charge is 0.370 e. The minimum Gasteiger partial charge on any atom is -0.370 e. The fourth-order valence-corrected chi connectivity index (χ4v) is 3.62. The maximum atomic E-state index is 13.1. The Morgan fingerprint density at radius 3 is 2.64 bits per heavy atom. The highest BCUT2D eigenvalue weighted by Gasteiger charge is 2.31. The Morgan fingerprint density at radius 2 is 1.96 bits per heavy atom. The normalized spacial score (nSPS) is 14.8. The van der Waals surface area contributed by atoms with Gasteiger partial charge in [0, 0.05) is 25.4 Å². The molecule has 1 amide bonds. The van der Waals surface area contributed by atoms with Crippen molar-refractivity contribution in [3.63, 3.8) is 0 Å². The summed E-state index contributed by atoms with van der Waals surface area (Å²) in [5.41, 5.74) is -0.442. The molecule has 0 radical (unpaired) electrons. The molecule has 10 heteroatoms. The Kier molecular flexibility index (Phi) is 6.28. The van der Waals surface area contributed by atoms with E-state index in [0.29, 0.717) is 5.69 Å². The average Bonchev–Trinajstić information content (AvgIpc) is 2.66. The van der Waals surface area contributed by atoms with Crippen LogP contribution in [0.4, 0.5) is 24.5 Å². The molecule has 0 spiro atoms. The van der Waals surface area contributed by atoms with Gasteiger partial charge in [0.2, 0.25) is 5.91 Å². The van der Waals surface area contributed by atoms with Crippen molar-refractivity contribution in [2.24, 2.45) is 0 Å². The van der Waals surface area contributed by atoms with Crippen LogP contribution in [-0.4, -0.2) is 34.7 Å². The molecule has 28 heavy (non-hydrogen) atoms. The predicted octanol–water partition coefficient (Wildman–Crippen LogP) is 3.51. The summed E-state index contributed by atoms with van der Waals surface area (Å²) in [4.78, 5) is 32.0. The topological polar surface area (TPSA) is 78.1 Å². The summed E-state index contributed by atoms with van der Waals surface area (Å²) in [5.74, 6) is -0.572. The molecule has 2 N–H and O–H groups in total. The van der Waals surface area contributed by atoms with Crippen LogP contribution < -0.4 is 15.8 Å². The van der Waals surface area contributed by atoms with Crippen LogP contribution in [0.3, 0.4) is 0 Å². The van der Waals surface area contributed by atoms with Gasteiger partial charge in [0.15, 0.2) is 5.16 Å². The van der Waals surface area contributed by atoms with Crippen LogP contribution in [0.2, 0.25) is 0 Å². The molecule has 3 rings (SSSR count). The van der Waals surface area contributed by atoms with Crippen LogP contribution in [-0.2, 0) is 11.0 Å². The zero-order valence-electron chi connectivity index (χ0n) is 14.9. The first-order valence-corrected chi connectivity index (χ1v) is 9.76. The van der Waals surface area contributed by atoms with Crippen LogP contribution in [0.25, 0.3) is 0 Å². The third-order valence-electron chi connectivity index (χ3n) is 4.28. The van der Waals surface area contributed by atoms with Gasteiger partial charge in [0.1, 0.15) is 0 Å². The molecule has 1 aromatic heterocycles. The molecule has 6 nitrogen and oxygen atoms in total. The van der Waals surface area contributed by atoms with Gasteiger partial charge >= 0.3 is 6.18 Å². The molecule has 2 aromatic rings. The van der Waals surface area contributed by atoms with Crippen LogP contribution in [0, 0.1) is 0 Å². The van der Waals surface area contributed by atoms with Gasteiger partial charge in [-0.2, -0.15) is 13.2 Å². The molecule has 0 saturated carbocycles. The van der Waals surface area contributed by atoms with Crippen molar-refractivity contribution < 1.29 is 18.0 Å². The number of halogens is 3. The number of rotatable bonds is 5. The maximum absolute atomic E-state index is 13.1. The van der Waals surface area contributed by atoms with Gasteiger partial charge < -0.3 is 15.2 Å². The lowest BCUT2D eigenvalue weighted by Crippen LogP contribution is -2.30. The van der Waals surface area contributed by atoms with Gasteiger partial charge in [0.05, 0.1) is 22.7 Å². The van der Waals surface area contributed by atoms with Crippen LogP contribution in [0.5, 0.6) is 0 Å². The van der Waals surface area contributed by atoms with E-state index >= 15 is 0 Å². The molecule has 1 saturated heterocycles. The second kappa shape index (κ2) is 8.68. The van der Waals surface area contributed by atoms with Crippen LogP contribution in [0.1, 0.15) is 24.8 Å². The fourth-order valence-electron chi connectivity index (χ4n) is 2.97. The van der Waals surface area contributed by atoms with E-state index in [1.165, 1.54) is 18.3 Å². The van der Waals surface area contributed by atoms with Gasteiger partial charge in [-0.25, -0.2) is 4.98 Å². The number of aromatic nitrogens is 2. The minimum absolute atomic E-state index is 0.0946. The molecule has 1 aliphatic rings. The Balaban J connectivity index is 1.77. The third kappa shape index (κ3) is 5.28. The molecule has 2 heterocycles. The van der Waals surface area contributed by atoms with Crippen molar-refractivity contribution >= 4 is 29.0 Å². The van der Waals surface area contributed by atoms with E-state index in [9.17, 15) is 22.8 Å². The van der Waals surface area contributed by atoms with Crippen LogP contribution in [0.15, 0.2) is 40.4 Å². The second-order valence-corrected chi connectivity index (χ2v) is 7.32. The van der Waals surface area contributed by atoms with Crippen molar-refractivity contribution in [2.75, 3.05) is 29.1 Å². The number of nitrogens with one attached hydrogen (secondary N) is 2. The first-order valence-electron chi connectivity index (χ1n) is 8.77. The molecule has 1 aromatic carbocycles. The number of thioether (sulfide) groups is 1. The molecule has 1 fully saturated rings. The minimum atomic E-state index is -4.50. The van der Waals surface area contributed by atoms with E-state index in [1.54, 1.807) is 0 Å². The predicted molar refractivity (Wildman–Crippen MR) is 102 cm³/mol. The highest BCUT2D eigenvalue weighted by Crippen LogP contribution is 2.36. The van der Waals surface area contributed by atoms with E-state index in [4.69, 9.17) is 0 Å². The Bertz CT molecular complexity index is 895. The van der Waals surface area contributed by atoms with E-state index in [2.05, 4.69) is 15.3 Å². The summed E-state index contributed by atoms with van der Waals surface area (Å²) in [6, 6.07) is 4.66. The summed E-state index contributed by atoms with van der Waals surface area (Å²) in [7, 11) is 0. The maximum Gasteiger partial charge on any atom is 0.416 e. The lowest BCUT2D eigenvalue weighted by Gasteiger charge is -2.31. The number of H-pyrrole nitrogens is 1. The standard InChI is InChI=1S/C18H19F3N4O2S/c19-18(20,21)12-4-5-14(25-8-2-1-3-9-25)13(10-12)23-16(27)11-28-17-22-7-6-15(26)24-17/h4-7,10H,1-3,8-9,11H2,(H,23,27)(H,22,24,26). The molecule has 0 unspecified atom stereocenters. The number of carbonyl (C=O) groups excluding carboxylic acids is 1. The van der Waals surface area contributed by atoms with Gasteiger partial charge in [0.25, 0.3) is 5.56 Å². The number of alkyl halides is 3. The first-order chi connectivity index (χ1) is 13.3. The Hall–Kier alpha value is -2.49. The number of hydrogen-bond donors (Lipinski definition) is 2. The van der Waals surface area contributed by atoms with Gasteiger partial charge in [-0.05, 0) is 37.5 Å². The van der Waals surface area contributed by atoms with Crippen molar-refractivity contribution in [1.82, 2.24) is 9.97 Å². The van der Waals surface area contributed by atoms with Crippen molar-refractivity contribution in [2.45, 2.75) is 30.6 Å². The molecule has 1 aliphatic heterocycles. The number of aromatic amines is 1. The van der Waals surface area contributed by atoms with Gasteiger partial charge in [-0.15, -0.1) is 0 Å². The van der Waals surface area contributed by atoms with Crippen molar-refractivity contribution in [3.8, 4) is 0 Å². The first kappa shape index (κ1) is 20.2. The monoisotopic (exact) mass is 412 g/mol. The summed E-state index contributed by atoms with van der Waals surface area (Å²) >= 11 is 0.999. The van der Waals surface area contributed by atoms with Gasteiger partial charge in [-0.1, -0.05) is 11.8 Å². The average molecular weight is 412 g/mol. The van der Waals surface area contributed by atoms with Crippen molar-refractivity contribution in [1.29, 1.82) is 0 Å². The molecule has 0 bridgehead atoms. The number of piperidine rings is 1. The highest BCUT2D eigenvalue weighted by molar-refractivity contribution is 7.99. The lowest BCUT2D eigenvalue weighted by molar-refractivity contribution is -0.137. The zero-order valence-corrected chi connectivity index (χ0v) is 15.7. The van der Waals surface area contributed by atoms with E-state index in [1.807, 2.05) is 4.90 Å². The number of benzene rings is 1. The second-order valence-electron chi connectivity index (χ2n) is 6.35. The fraction of sp³-hybridized carbons (Fsp3) is 0.389. The van der Waals surface area contributed by atoms with Gasteiger partial charge in [-0.3, -0.25) is 9.59 Å². The zero-order chi connectivity index (χ0) is 20.1. The molecule has 0 aliphatic carbocycles. The molecule has 150 valence electrons. The van der Waals surface area contributed by atoms with Crippen LogP contribution >= 0.6 is 11.8 Å². The van der Waals surface area contributed by atoms with E-state index in [0.717, 1.165) is 56.2 Å². The molecular formula is C18H19F3N4O2S. The van der Waals surface area contributed by atoms with E-state index in [-0.39, 0.29) is 22.2 Å². The highest BCUT2D eigenvalue weighted by atomic mass is 32.2. The summed E-state index contributed by atoms with van der Waals surface area (Å²) in [6.07, 6.45) is -0.186. The number of hydrogen-bond acceptors (Lipinski definition) is 5. The Morgan fingerprint density at radius 1 is 1.21 bits per heavy atom. The molecular weight excluding hydrogens is 393 g/mol.